The average Bonchev–Trinajstić information content (AvgIpc) is 2.93. The monoisotopic (exact) mass is 363 g/mol. The van der Waals surface area contributed by atoms with Crippen molar-refractivity contribution >= 4 is 23.0 Å². The highest BCUT2D eigenvalue weighted by Gasteiger charge is 2.13. The number of amides is 1. The molecule has 0 saturated carbocycles. The van der Waals surface area contributed by atoms with E-state index in [0.717, 1.165) is 33.5 Å². The van der Waals surface area contributed by atoms with Gasteiger partial charge in [0.05, 0.1) is 12.6 Å². The van der Waals surface area contributed by atoms with Crippen LogP contribution >= 0.6 is 0 Å². The number of hydrazone groups is 1. The first-order chi connectivity index (χ1) is 13.1. The lowest BCUT2D eigenvalue weighted by Gasteiger charge is -2.18. The van der Waals surface area contributed by atoms with Gasteiger partial charge in [0.25, 0.3) is 0 Å². The third kappa shape index (κ3) is 3.38. The number of benzene rings is 2. The van der Waals surface area contributed by atoms with Gasteiger partial charge in [0.2, 0.25) is 5.91 Å². The quantitative estimate of drug-likeness (QED) is 0.573. The van der Waals surface area contributed by atoms with Gasteiger partial charge in [-0.1, -0.05) is 24.3 Å². The molecule has 0 fully saturated rings. The van der Waals surface area contributed by atoms with Crippen molar-refractivity contribution in [2.75, 3.05) is 13.2 Å². The largest absolute Gasteiger partial charge is 0.486 e. The van der Waals surface area contributed by atoms with E-state index >= 15 is 0 Å². The maximum atomic E-state index is 12.2. The van der Waals surface area contributed by atoms with E-state index in [1.807, 2.05) is 44.3 Å². The van der Waals surface area contributed by atoms with Gasteiger partial charge >= 0.3 is 0 Å². The fourth-order valence-electron chi connectivity index (χ4n) is 3.30. The number of fused-ring (bicyclic) bond motifs is 2. The van der Waals surface area contributed by atoms with Gasteiger partial charge in [0, 0.05) is 29.2 Å². The highest BCUT2D eigenvalue weighted by atomic mass is 16.6. The van der Waals surface area contributed by atoms with Gasteiger partial charge in [0.15, 0.2) is 11.5 Å². The van der Waals surface area contributed by atoms with Crippen LogP contribution in [0.15, 0.2) is 47.6 Å². The number of carbonyl (C=O) groups is 1. The minimum absolute atomic E-state index is 0.180. The van der Waals surface area contributed by atoms with E-state index < -0.39 is 0 Å². The maximum Gasteiger partial charge on any atom is 0.244 e. The fourth-order valence-corrected chi connectivity index (χ4v) is 3.30. The van der Waals surface area contributed by atoms with Crippen LogP contribution in [-0.4, -0.2) is 29.9 Å². The molecule has 4 rings (SSSR count). The number of carbonyl (C=O) groups excluding carboxylic acids is 1. The topological polar surface area (TPSA) is 64.8 Å². The summed E-state index contributed by atoms with van der Waals surface area (Å²) in [6, 6.07) is 13.7. The Morgan fingerprint density at radius 3 is 2.81 bits per heavy atom. The summed E-state index contributed by atoms with van der Waals surface area (Å²) in [5.41, 5.74) is 6.71. The van der Waals surface area contributed by atoms with Crippen molar-refractivity contribution in [3.8, 4) is 11.5 Å². The number of hydrogen-bond acceptors (Lipinski definition) is 4. The van der Waals surface area contributed by atoms with Crippen molar-refractivity contribution in [2.24, 2.45) is 12.1 Å². The van der Waals surface area contributed by atoms with Gasteiger partial charge in [-0.15, -0.1) is 0 Å². The molecule has 2 aromatic carbocycles. The van der Waals surface area contributed by atoms with Gasteiger partial charge in [-0.3, -0.25) is 4.79 Å². The molecular weight excluding hydrogens is 342 g/mol. The van der Waals surface area contributed by atoms with E-state index in [1.54, 1.807) is 6.21 Å². The Labute approximate surface area is 157 Å². The molecule has 1 aliphatic heterocycles. The number of ether oxygens (including phenoxy) is 2. The molecule has 2 heterocycles. The molecule has 27 heavy (non-hydrogen) atoms. The van der Waals surface area contributed by atoms with Crippen LogP contribution in [0.5, 0.6) is 11.5 Å². The molecule has 1 aromatic heterocycles. The summed E-state index contributed by atoms with van der Waals surface area (Å²) in [6.07, 6.45) is 1.93. The minimum Gasteiger partial charge on any atom is -0.486 e. The Morgan fingerprint density at radius 1 is 1.19 bits per heavy atom. The average molecular weight is 363 g/mol. The Morgan fingerprint density at radius 2 is 1.96 bits per heavy atom. The first kappa shape index (κ1) is 17.1. The zero-order valence-corrected chi connectivity index (χ0v) is 15.4. The van der Waals surface area contributed by atoms with E-state index in [4.69, 9.17) is 9.47 Å². The van der Waals surface area contributed by atoms with E-state index in [-0.39, 0.29) is 12.3 Å². The van der Waals surface area contributed by atoms with Gasteiger partial charge in [-0.25, -0.2) is 5.43 Å². The lowest BCUT2D eigenvalue weighted by atomic mass is 10.1. The lowest BCUT2D eigenvalue weighted by molar-refractivity contribution is -0.120. The second-order valence-electron chi connectivity index (χ2n) is 6.52. The molecule has 0 spiro atoms. The molecule has 1 N–H and O–H groups in total. The number of hydrogen-bond donors (Lipinski definition) is 1. The summed E-state index contributed by atoms with van der Waals surface area (Å²) in [7, 11) is 2.02. The smallest absolute Gasteiger partial charge is 0.244 e. The summed E-state index contributed by atoms with van der Waals surface area (Å²) in [4.78, 5) is 12.2. The number of nitrogens with one attached hydrogen (secondary N) is 1. The first-order valence-corrected chi connectivity index (χ1v) is 8.88. The normalized spacial score (nSPS) is 13.3. The number of nitrogens with zero attached hydrogens (tertiary/aromatic N) is 2. The molecule has 0 bridgehead atoms. The highest BCUT2D eigenvalue weighted by molar-refractivity contribution is 6.01. The molecule has 0 radical (unpaired) electrons. The third-order valence-corrected chi connectivity index (χ3v) is 4.80. The minimum atomic E-state index is -0.180. The van der Waals surface area contributed by atoms with Crippen molar-refractivity contribution in [3.63, 3.8) is 0 Å². The molecule has 1 amide bonds. The van der Waals surface area contributed by atoms with Crippen molar-refractivity contribution in [2.45, 2.75) is 13.3 Å². The Balaban J connectivity index is 1.45. The van der Waals surface area contributed by atoms with Crippen LogP contribution in [0.2, 0.25) is 0 Å². The molecule has 0 aliphatic carbocycles. The Bertz CT molecular complexity index is 1040. The molecule has 0 saturated heterocycles. The van der Waals surface area contributed by atoms with E-state index in [2.05, 4.69) is 27.2 Å². The van der Waals surface area contributed by atoms with Crippen LogP contribution in [0.3, 0.4) is 0 Å². The highest BCUT2D eigenvalue weighted by Crippen LogP contribution is 2.30. The van der Waals surface area contributed by atoms with Crippen molar-refractivity contribution in [1.29, 1.82) is 0 Å². The Hall–Kier alpha value is -3.28. The summed E-state index contributed by atoms with van der Waals surface area (Å²) < 4.78 is 13.2. The summed E-state index contributed by atoms with van der Waals surface area (Å²) in [5, 5.41) is 5.27. The van der Waals surface area contributed by atoms with Crippen LogP contribution in [0.1, 0.15) is 16.8 Å². The van der Waals surface area contributed by atoms with Crippen molar-refractivity contribution in [1.82, 2.24) is 9.99 Å². The SMILES string of the molecule is Cc1c(/C=N\NC(=O)Cc2ccc3c(c2)OCCO3)c2ccccc2n1C. The Kier molecular flexibility index (Phi) is 4.54. The summed E-state index contributed by atoms with van der Waals surface area (Å²) in [6.45, 7) is 3.12. The predicted molar refractivity (Wildman–Crippen MR) is 105 cm³/mol. The van der Waals surface area contributed by atoms with E-state index in [0.29, 0.717) is 19.0 Å². The molecule has 6 nitrogen and oxygen atoms in total. The van der Waals surface area contributed by atoms with Crippen molar-refractivity contribution in [3.05, 3.63) is 59.3 Å². The van der Waals surface area contributed by atoms with E-state index in [9.17, 15) is 4.79 Å². The second-order valence-corrected chi connectivity index (χ2v) is 6.52. The standard InChI is InChI=1S/C21H21N3O3/c1-14-17(16-5-3-4-6-18(16)24(14)2)13-22-23-21(25)12-15-7-8-19-20(11-15)27-10-9-26-19/h3-8,11,13H,9-10,12H2,1-2H3,(H,23,25)/b22-13-. The molecule has 0 atom stereocenters. The van der Waals surface area contributed by atoms with Crippen LogP contribution in [0.4, 0.5) is 0 Å². The molecule has 3 aromatic rings. The van der Waals surface area contributed by atoms with Gasteiger partial charge in [-0.2, -0.15) is 5.10 Å². The van der Waals surface area contributed by atoms with Gasteiger partial charge in [0.1, 0.15) is 13.2 Å². The fraction of sp³-hybridized carbons (Fsp3) is 0.238. The van der Waals surface area contributed by atoms with Crippen LogP contribution < -0.4 is 14.9 Å². The molecule has 6 heteroatoms. The molecule has 1 aliphatic rings. The predicted octanol–water partition coefficient (Wildman–Crippen LogP) is 2.95. The van der Waals surface area contributed by atoms with Crippen LogP contribution in [0, 0.1) is 6.92 Å². The second kappa shape index (κ2) is 7.15. The van der Waals surface area contributed by atoms with Crippen LogP contribution in [0.25, 0.3) is 10.9 Å². The molecule has 138 valence electrons. The van der Waals surface area contributed by atoms with E-state index in [1.165, 1.54) is 0 Å². The first-order valence-electron chi connectivity index (χ1n) is 8.88. The number of aromatic nitrogens is 1. The summed E-state index contributed by atoms with van der Waals surface area (Å²) >= 11 is 0. The number of rotatable bonds is 4. The van der Waals surface area contributed by atoms with Crippen molar-refractivity contribution < 1.29 is 14.3 Å². The summed E-state index contributed by atoms with van der Waals surface area (Å²) in [5.74, 6) is 1.22. The zero-order valence-electron chi connectivity index (χ0n) is 15.4. The number of aryl methyl sites for hydroxylation is 1. The van der Waals surface area contributed by atoms with Crippen LogP contribution in [-0.2, 0) is 18.3 Å². The molecule has 0 unspecified atom stereocenters. The molecular formula is C21H21N3O3. The van der Waals surface area contributed by atoms with Gasteiger partial charge < -0.3 is 14.0 Å². The van der Waals surface area contributed by atoms with Gasteiger partial charge in [-0.05, 0) is 30.7 Å². The zero-order chi connectivity index (χ0) is 18.8. The maximum absolute atomic E-state index is 12.2. The third-order valence-electron chi connectivity index (χ3n) is 4.80. The number of para-hydroxylation sites is 1. The lowest BCUT2D eigenvalue weighted by Crippen LogP contribution is -2.20.